The molecule has 0 aliphatic heterocycles. The molecule has 0 bridgehead atoms. The monoisotopic (exact) mass is 337 g/mol. The highest BCUT2D eigenvalue weighted by Gasteiger charge is 2.09. The first-order valence-corrected chi connectivity index (χ1v) is 8.40. The van der Waals surface area contributed by atoms with Crippen LogP contribution in [0.15, 0.2) is 77.0 Å². The van der Waals surface area contributed by atoms with Gasteiger partial charge in [-0.05, 0) is 30.5 Å². The number of nitrogens with two attached hydrogens (primary N) is 1. The molecule has 0 fully saturated rings. The molecule has 0 unspecified atom stereocenters. The smallest absolute Gasteiger partial charge is 0.199 e. The summed E-state index contributed by atoms with van der Waals surface area (Å²) in [6.07, 6.45) is 3.10. The van der Waals surface area contributed by atoms with Gasteiger partial charge in [-0.2, -0.15) is 0 Å². The molecular weight excluding hydrogens is 318 g/mol. The Bertz CT molecular complexity index is 685. The summed E-state index contributed by atoms with van der Waals surface area (Å²) in [5.41, 5.74) is 7.16. The Morgan fingerprint density at radius 2 is 1.50 bits per heavy atom. The second-order valence-corrected chi connectivity index (χ2v) is 6.71. The Morgan fingerprint density at radius 3 is 2.09 bits per heavy atom. The van der Waals surface area contributed by atoms with Crippen molar-refractivity contribution in [2.75, 3.05) is 0 Å². The van der Waals surface area contributed by atoms with E-state index in [0.717, 1.165) is 6.42 Å². The van der Waals surface area contributed by atoms with Crippen LogP contribution < -0.4 is 5.73 Å². The number of hydrogen-bond donors (Lipinski definition) is 1. The molecular formula is C17H20ClNO2S. The number of halogens is 1. The number of sulfone groups is 1. The Balaban J connectivity index is 0.00000242. The van der Waals surface area contributed by atoms with Crippen LogP contribution in [-0.4, -0.2) is 14.5 Å². The second-order valence-electron chi connectivity index (χ2n) is 4.87. The minimum absolute atomic E-state index is 0. The molecule has 1 atom stereocenters. The molecule has 0 amide bonds. The van der Waals surface area contributed by atoms with Crippen LogP contribution in [0.4, 0.5) is 0 Å². The third-order valence-electron chi connectivity index (χ3n) is 3.19. The van der Waals surface area contributed by atoms with Gasteiger partial charge >= 0.3 is 0 Å². The van der Waals surface area contributed by atoms with Gasteiger partial charge in [0.15, 0.2) is 9.84 Å². The minimum atomic E-state index is -3.40. The molecule has 0 aromatic heterocycles. The maximum Gasteiger partial charge on any atom is 0.199 e. The average molecular weight is 338 g/mol. The molecule has 5 heteroatoms. The summed E-state index contributed by atoms with van der Waals surface area (Å²) < 4.78 is 24.1. The summed E-state index contributed by atoms with van der Waals surface area (Å²) in [6.45, 7) is 0. The fourth-order valence-corrected chi connectivity index (χ4v) is 3.07. The molecule has 2 N–H and O–H groups in total. The third-order valence-corrected chi connectivity index (χ3v) is 4.63. The van der Waals surface area contributed by atoms with Crippen molar-refractivity contribution < 1.29 is 8.42 Å². The maximum absolute atomic E-state index is 12.1. The van der Waals surface area contributed by atoms with Crippen molar-refractivity contribution in [1.82, 2.24) is 0 Å². The van der Waals surface area contributed by atoms with Crippen LogP contribution in [0.25, 0.3) is 0 Å². The van der Waals surface area contributed by atoms with E-state index in [1.54, 1.807) is 36.4 Å². The molecule has 0 heterocycles. The van der Waals surface area contributed by atoms with E-state index >= 15 is 0 Å². The highest BCUT2D eigenvalue weighted by molar-refractivity contribution is 7.94. The predicted octanol–water partition coefficient (Wildman–Crippen LogP) is 3.36. The Hall–Kier alpha value is -1.62. The fraction of sp³-hybridized carbons (Fsp3) is 0.176. The molecule has 2 aromatic carbocycles. The number of hydrogen-bond acceptors (Lipinski definition) is 3. The summed E-state index contributed by atoms with van der Waals surface area (Å²) in [5, 5.41) is 1.21. The van der Waals surface area contributed by atoms with Crippen molar-refractivity contribution in [3.8, 4) is 0 Å². The molecule has 0 aliphatic carbocycles. The fourth-order valence-electron chi connectivity index (χ4n) is 1.97. The molecule has 0 aliphatic rings. The average Bonchev–Trinajstić information content (AvgIpc) is 2.53. The van der Waals surface area contributed by atoms with E-state index in [-0.39, 0.29) is 23.3 Å². The van der Waals surface area contributed by atoms with Crippen LogP contribution in [-0.2, 0) is 16.3 Å². The van der Waals surface area contributed by atoms with Crippen LogP contribution in [0.1, 0.15) is 12.0 Å². The first-order chi connectivity index (χ1) is 10.1. The number of aryl methyl sites for hydroxylation is 1. The van der Waals surface area contributed by atoms with Gasteiger partial charge < -0.3 is 5.73 Å². The zero-order valence-electron chi connectivity index (χ0n) is 12.1. The Labute approximate surface area is 138 Å². The summed E-state index contributed by atoms with van der Waals surface area (Å²) >= 11 is 0. The topological polar surface area (TPSA) is 60.2 Å². The van der Waals surface area contributed by atoms with Crippen LogP contribution in [0.3, 0.4) is 0 Å². The normalized spacial score (nSPS) is 12.8. The Kier molecular flexibility index (Phi) is 7.32. The van der Waals surface area contributed by atoms with Gasteiger partial charge in [-0.1, -0.05) is 54.6 Å². The SMILES string of the molecule is Cl.N[C@H](/C=C/S(=O)(=O)c1ccccc1)CCc1ccccc1. The largest absolute Gasteiger partial charge is 0.324 e. The summed E-state index contributed by atoms with van der Waals surface area (Å²) in [6, 6.07) is 18.1. The first kappa shape index (κ1) is 18.4. The van der Waals surface area contributed by atoms with Crippen molar-refractivity contribution in [3.05, 3.63) is 77.7 Å². The van der Waals surface area contributed by atoms with Crippen molar-refractivity contribution in [3.63, 3.8) is 0 Å². The van der Waals surface area contributed by atoms with Crippen molar-refractivity contribution >= 4 is 22.2 Å². The van der Waals surface area contributed by atoms with Crippen LogP contribution >= 0.6 is 12.4 Å². The van der Waals surface area contributed by atoms with Gasteiger partial charge in [-0.15, -0.1) is 12.4 Å². The third kappa shape index (κ3) is 5.64. The van der Waals surface area contributed by atoms with E-state index in [1.165, 1.54) is 11.0 Å². The van der Waals surface area contributed by atoms with E-state index < -0.39 is 9.84 Å². The molecule has 0 saturated heterocycles. The number of benzene rings is 2. The summed E-state index contributed by atoms with van der Waals surface area (Å²) in [5.74, 6) is 0. The lowest BCUT2D eigenvalue weighted by Crippen LogP contribution is -2.18. The van der Waals surface area contributed by atoms with E-state index in [4.69, 9.17) is 5.73 Å². The first-order valence-electron chi connectivity index (χ1n) is 6.86. The van der Waals surface area contributed by atoms with E-state index in [9.17, 15) is 8.42 Å². The summed E-state index contributed by atoms with van der Waals surface area (Å²) in [4.78, 5) is 0.288. The Morgan fingerprint density at radius 1 is 0.955 bits per heavy atom. The van der Waals surface area contributed by atoms with Crippen LogP contribution in [0, 0.1) is 0 Å². The second kappa shape index (κ2) is 8.73. The quantitative estimate of drug-likeness (QED) is 0.879. The predicted molar refractivity (Wildman–Crippen MR) is 92.8 cm³/mol. The molecule has 0 radical (unpaired) electrons. The standard InChI is InChI=1S/C17H19NO2S.ClH/c18-16(12-11-15-7-3-1-4-8-15)13-14-21(19,20)17-9-5-2-6-10-17;/h1-10,13-14,16H,11-12,18H2;1H/b14-13+;/t16-;/m0./s1. The van der Waals surface area contributed by atoms with Gasteiger partial charge in [-0.25, -0.2) is 8.42 Å². The van der Waals surface area contributed by atoms with E-state index in [2.05, 4.69) is 0 Å². The zero-order chi connectivity index (χ0) is 15.1. The highest BCUT2D eigenvalue weighted by atomic mass is 35.5. The molecule has 2 aromatic rings. The van der Waals surface area contributed by atoms with E-state index in [0.29, 0.717) is 6.42 Å². The zero-order valence-corrected chi connectivity index (χ0v) is 13.8. The lowest BCUT2D eigenvalue weighted by molar-refractivity contribution is 0.604. The van der Waals surface area contributed by atoms with Gasteiger partial charge in [-0.3, -0.25) is 0 Å². The lowest BCUT2D eigenvalue weighted by atomic mass is 10.1. The minimum Gasteiger partial charge on any atom is -0.324 e. The van der Waals surface area contributed by atoms with Crippen molar-refractivity contribution in [2.45, 2.75) is 23.8 Å². The van der Waals surface area contributed by atoms with Crippen molar-refractivity contribution in [2.24, 2.45) is 5.73 Å². The van der Waals surface area contributed by atoms with Crippen LogP contribution in [0.5, 0.6) is 0 Å². The van der Waals surface area contributed by atoms with Gasteiger partial charge in [0, 0.05) is 11.4 Å². The van der Waals surface area contributed by atoms with E-state index in [1.807, 2.05) is 30.3 Å². The maximum atomic E-state index is 12.1. The molecule has 0 saturated carbocycles. The molecule has 118 valence electrons. The number of rotatable bonds is 6. The molecule has 0 spiro atoms. The highest BCUT2D eigenvalue weighted by Crippen LogP contribution is 2.12. The molecule has 2 rings (SSSR count). The van der Waals surface area contributed by atoms with Gasteiger partial charge in [0.1, 0.15) is 0 Å². The molecule has 22 heavy (non-hydrogen) atoms. The van der Waals surface area contributed by atoms with Gasteiger partial charge in [0.05, 0.1) is 4.90 Å². The van der Waals surface area contributed by atoms with Crippen LogP contribution in [0.2, 0.25) is 0 Å². The lowest BCUT2D eigenvalue weighted by Gasteiger charge is -2.06. The van der Waals surface area contributed by atoms with Gasteiger partial charge in [0.25, 0.3) is 0 Å². The summed E-state index contributed by atoms with van der Waals surface area (Å²) in [7, 11) is -3.40. The molecule has 3 nitrogen and oxygen atoms in total. The van der Waals surface area contributed by atoms with Gasteiger partial charge in [0.2, 0.25) is 0 Å². The van der Waals surface area contributed by atoms with Crippen molar-refractivity contribution in [1.29, 1.82) is 0 Å².